The van der Waals surface area contributed by atoms with Crippen LogP contribution in [0.25, 0.3) is 0 Å². The maximum absolute atomic E-state index is 12.6. The normalized spacial score (nSPS) is 39.6. The number of ether oxygens (including phenoxy) is 3. The van der Waals surface area contributed by atoms with Crippen molar-refractivity contribution in [3.05, 3.63) is 0 Å². The van der Waals surface area contributed by atoms with Gasteiger partial charge in [-0.2, -0.15) is 26.3 Å². The number of hydrogen-bond donors (Lipinski definition) is 0. The number of halogens is 6. The Morgan fingerprint density at radius 1 is 1.05 bits per heavy atom. The van der Waals surface area contributed by atoms with Gasteiger partial charge in [0.2, 0.25) is 0 Å². The predicted molar refractivity (Wildman–Crippen MR) is 51.7 cm³/mol. The molecule has 0 aromatic heterocycles. The highest BCUT2D eigenvalue weighted by Gasteiger charge is 2.66. The molecule has 3 aliphatic heterocycles. The number of carbonyl (C=O) groups is 1. The van der Waals surface area contributed by atoms with Gasteiger partial charge in [0.1, 0.15) is 12.2 Å². The lowest BCUT2D eigenvalue weighted by Crippen LogP contribution is -2.45. The fourth-order valence-corrected chi connectivity index (χ4v) is 3.17. The molecule has 120 valence electrons. The number of carbonyl (C=O) groups excluding carboxylic acids is 1. The molecule has 5 atom stereocenters. The topological polar surface area (TPSA) is 44.8 Å². The van der Waals surface area contributed by atoms with Crippen molar-refractivity contribution < 1.29 is 45.3 Å². The second-order valence-electron chi connectivity index (χ2n) is 5.34. The Kier molecular flexibility index (Phi) is 3.18. The molecule has 0 bridgehead atoms. The number of alkyl halides is 6. The largest absolute Gasteiger partial charge is 0.459 e. The van der Waals surface area contributed by atoms with Gasteiger partial charge in [-0.3, -0.25) is 4.79 Å². The van der Waals surface area contributed by atoms with Gasteiger partial charge in [-0.05, 0) is 6.42 Å². The van der Waals surface area contributed by atoms with E-state index < -0.39 is 61.2 Å². The van der Waals surface area contributed by atoms with Crippen LogP contribution in [-0.4, -0.2) is 42.9 Å². The van der Waals surface area contributed by atoms with Crippen molar-refractivity contribution in [2.75, 3.05) is 0 Å². The number of hydrogen-bond acceptors (Lipinski definition) is 4. The average molecular weight is 320 g/mol. The summed E-state index contributed by atoms with van der Waals surface area (Å²) in [5, 5.41) is 0. The molecule has 0 amide bonds. The smallest absolute Gasteiger partial charge is 0.403 e. The van der Waals surface area contributed by atoms with Crippen LogP contribution >= 0.6 is 0 Å². The van der Waals surface area contributed by atoms with E-state index in [0.717, 1.165) is 0 Å². The van der Waals surface area contributed by atoms with E-state index in [9.17, 15) is 31.1 Å². The van der Waals surface area contributed by atoms with E-state index in [1.807, 2.05) is 0 Å². The molecule has 0 radical (unpaired) electrons. The van der Waals surface area contributed by atoms with E-state index in [4.69, 9.17) is 14.2 Å². The number of rotatable bonds is 1. The van der Waals surface area contributed by atoms with Gasteiger partial charge >= 0.3 is 18.3 Å². The van der Waals surface area contributed by atoms with Crippen LogP contribution in [0.3, 0.4) is 0 Å². The Labute approximate surface area is 114 Å². The summed E-state index contributed by atoms with van der Waals surface area (Å²) >= 11 is 0. The standard InChI is InChI=1S/C11H10F6O4/c12-10(13,14)8(11(15,16)17)5-1-3-7-4(2-6(18)21-7)19-9(3)20-5/h3-5,7-9H,1-2H2. The van der Waals surface area contributed by atoms with Gasteiger partial charge in [-0.1, -0.05) is 0 Å². The molecular formula is C11H10F6O4. The van der Waals surface area contributed by atoms with Crippen molar-refractivity contribution in [2.45, 2.75) is 49.8 Å². The molecule has 4 nitrogen and oxygen atoms in total. The molecule has 3 rings (SSSR count). The van der Waals surface area contributed by atoms with E-state index in [1.54, 1.807) is 0 Å². The highest BCUT2D eigenvalue weighted by molar-refractivity contribution is 5.72. The first-order chi connectivity index (χ1) is 9.57. The summed E-state index contributed by atoms with van der Waals surface area (Å²) in [6, 6.07) is 0. The Morgan fingerprint density at radius 2 is 1.67 bits per heavy atom. The molecule has 5 unspecified atom stereocenters. The third-order valence-corrected chi connectivity index (χ3v) is 3.97. The molecule has 3 saturated heterocycles. The molecule has 21 heavy (non-hydrogen) atoms. The molecule has 0 aromatic rings. The van der Waals surface area contributed by atoms with E-state index in [2.05, 4.69) is 0 Å². The first-order valence-electron chi connectivity index (χ1n) is 6.21. The molecule has 0 aromatic carbocycles. The van der Waals surface area contributed by atoms with Gasteiger partial charge in [0.15, 0.2) is 12.2 Å². The highest BCUT2D eigenvalue weighted by Crippen LogP contribution is 2.51. The summed E-state index contributed by atoms with van der Waals surface area (Å²) < 4.78 is 90.8. The number of esters is 1. The van der Waals surface area contributed by atoms with Crippen molar-refractivity contribution in [2.24, 2.45) is 11.8 Å². The van der Waals surface area contributed by atoms with Gasteiger partial charge in [0, 0.05) is 0 Å². The van der Waals surface area contributed by atoms with Crippen molar-refractivity contribution in [3.8, 4) is 0 Å². The zero-order valence-corrected chi connectivity index (χ0v) is 10.3. The van der Waals surface area contributed by atoms with Crippen LogP contribution < -0.4 is 0 Å². The van der Waals surface area contributed by atoms with Gasteiger partial charge < -0.3 is 14.2 Å². The van der Waals surface area contributed by atoms with Crippen molar-refractivity contribution >= 4 is 5.97 Å². The Hall–Kier alpha value is -1.03. The molecule has 0 aliphatic carbocycles. The van der Waals surface area contributed by atoms with E-state index in [0.29, 0.717) is 0 Å². The molecule has 10 heteroatoms. The van der Waals surface area contributed by atoms with E-state index in [1.165, 1.54) is 0 Å². The van der Waals surface area contributed by atoms with Gasteiger partial charge in [0.25, 0.3) is 0 Å². The fourth-order valence-electron chi connectivity index (χ4n) is 3.17. The molecular weight excluding hydrogens is 310 g/mol. The number of fused-ring (bicyclic) bond motifs is 3. The summed E-state index contributed by atoms with van der Waals surface area (Å²) in [6.45, 7) is 0. The zero-order chi connectivity index (χ0) is 15.6. The molecule has 0 spiro atoms. The predicted octanol–water partition coefficient (Wildman–Crippen LogP) is 2.17. The first kappa shape index (κ1) is 14.9. The summed E-state index contributed by atoms with van der Waals surface area (Å²) in [5.41, 5.74) is 0. The minimum atomic E-state index is -5.46. The fraction of sp³-hybridized carbons (Fsp3) is 0.909. The first-order valence-corrected chi connectivity index (χ1v) is 6.21. The molecule has 0 N–H and O–H groups in total. The van der Waals surface area contributed by atoms with Gasteiger partial charge in [-0.25, -0.2) is 0 Å². The highest BCUT2D eigenvalue weighted by atomic mass is 19.4. The molecule has 3 fully saturated rings. The summed E-state index contributed by atoms with van der Waals surface area (Å²) in [5.74, 6) is -4.94. The van der Waals surface area contributed by atoms with Crippen LogP contribution in [-0.2, 0) is 19.0 Å². The Bertz CT molecular complexity index is 433. The zero-order valence-electron chi connectivity index (χ0n) is 10.3. The summed E-state index contributed by atoms with van der Waals surface area (Å²) in [6.07, 6.45) is -16.2. The van der Waals surface area contributed by atoms with Crippen LogP contribution in [0.2, 0.25) is 0 Å². The molecule has 3 heterocycles. The Morgan fingerprint density at radius 3 is 2.24 bits per heavy atom. The van der Waals surface area contributed by atoms with Crippen molar-refractivity contribution in [3.63, 3.8) is 0 Å². The average Bonchev–Trinajstić information content (AvgIpc) is 2.84. The lowest BCUT2D eigenvalue weighted by Gasteiger charge is -2.28. The monoisotopic (exact) mass is 320 g/mol. The maximum atomic E-state index is 12.6. The third-order valence-electron chi connectivity index (χ3n) is 3.97. The van der Waals surface area contributed by atoms with Gasteiger partial charge in [-0.15, -0.1) is 0 Å². The quantitative estimate of drug-likeness (QED) is 0.549. The summed E-state index contributed by atoms with van der Waals surface area (Å²) in [4.78, 5) is 11.1. The third kappa shape index (κ3) is 2.48. The maximum Gasteiger partial charge on any atom is 0.403 e. The molecule has 3 aliphatic rings. The van der Waals surface area contributed by atoms with Crippen LogP contribution in [0.4, 0.5) is 26.3 Å². The minimum Gasteiger partial charge on any atom is -0.459 e. The van der Waals surface area contributed by atoms with Crippen LogP contribution in [0.1, 0.15) is 12.8 Å². The lowest BCUT2D eigenvalue weighted by molar-refractivity contribution is -0.315. The van der Waals surface area contributed by atoms with Crippen molar-refractivity contribution in [1.29, 1.82) is 0 Å². The van der Waals surface area contributed by atoms with Crippen LogP contribution in [0.15, 0.2) is 0 Å². The Balaban J connectivity index is 1.77. The van der Waals surface area contributed by atoms with Crippen LogP contribution in [0.5, 0.6) is 0 Å². The van der Waals surface area contributed by atoms with Crippen molar-refractivity contribution in [1.82, 2.24) is 0 Å². The van der Waals surface area contributed by atoms with Gasteiger partial charge in [0.05, 0.1) is 18.4 Å². The van der Waals surface area contributed by atoms with Crippen LogP contribution in [0, 0.1) is 11.8 Å². The molecule has 0 saturated carbocycles. The minimum absolute atomic E-state index is 0.0618. The second kappa shape index (κ2) is 4.48. The van der Waals surface area contributed by atoms with E-state index >= 15 is 0 Å². The van der Waals surface area contributed by atoms with E-state index in [-0.39, 0.29) is 6.42 Å². The summed E-state index contributed by atoms with van der Waals surface area (Å²) in [7, 11) is 0. The second-order valence-corrected chi connectivity index (χ2v) is 5.34. The SMILES string of the molecule is O=C1CC2OC3OC(C(C(F)(F)F)C(F)(F)F)CC3C2O1. The lowest BCUT2D eigenvalue weighted by atomic mass is 9.91.